The van der Waals surface area contributed by atoms with Gasteiger partial charge in [-0.25, -0.2) is 0 Å². The highest BCUT2D eigenvalue weighted by molar-refractivity contribution is 14.1. The van der Waals surface area contributed by atoms with Crippen molar-refractivity contribution in [1.29, 1.82) is 0 Å². The molecule has 0 aromatic heterocycles. The second-order valence-corrected chi connectivity index (χ2v) is 6.30. The molecule has 0 aliphatic rings. The fourth-order valence-corrected chi connectivity index (χ4v) is 3.27. The minimum absolute atomic E-state index is 0.220. The molecule has 0 N–H and O–H groups in total. The van der Waals surface area contributed by atoms with Gasteiger partial charge in [0.05, 0.1) is 11.9 Å². The molecule has 0 saturated heterocycles. The molecule has 94 valence electrons. The van der Waals surface area contributed by atoms with Crippen molar-refractivity contribution >= 4 is 38.5 Å². The summed E-state index contributed by atoms with van der Waals surface area (Å²) in [5.41, 5.74) is 3.78. The number of ether oxygens (including phenoxy) is 1. The van der Waals surface area contributed by atoms with E-state index in [-0.39, 0.29) is 4.83 Å². The van der Waals surface area contributed by atoms with Gasteiger partial charge in [0.1, 0.15) is 5.75 Å². The number of alkyl halides is 1. The number of rotatable bonds is 3. The summed E-state index contributed by atoms with van der Waals surface area (Å²) >= 11 is 6.12. The van der Waals surface area contributed by atoms with Crippen LogP contribution < -0.4 is 4.74 Å². The van der Waals surface area contributed by atoms with Crippen molar-refractivity contribution in [2.75, 3.05) is 7.11 Å². The van der Waals surface area contributed by atoms with E-state index in [4.69, 9.17) is 4.74 Å². The number of aryl methyl sites for hydroxylation is 1. The average Bonchev–Trinajstić information content (AvgIpc) is 2.37. The first-order valence-corrected chi connectivity index (χ1v) is 7.65. The third-order valence-electron chi connectivity index (χ3n) is 2.89. The Hall–Kier alpha value is -0.550. The van der Waals surface area contributed by atoms with Crippen LogP contribution in [0.4, 0.5) is 0 Å². The second-order valence-electron chi connectivity index (χ2n) is 4.14. The van der Waals surface area contributed by atoms with Gasteiger partial charge < -0.3 is 4.74 Å². The van der Waals surface area contributed by atoms with Crippen LogP contribution in [0.2, 0.25) is 0 Å². The van der Waals surface area contributed by atoms with E-state index in [2.05, 4.69) is 81.8 Å². The smallest absolute Gasteiger partial charge is 0.119 e. The number of halogens is 2. The Morgan fingerprint density at radius 2 is 1.94 bits per heavy atom. The number of methoxy groups -OCH3 is 1. The Bertz CT molecular complexity index is 554. The van der Waals surface area contributed by atoms with E-state index in [1.54, 1.807) is 7.11 Å². The molecule has 2 aromatic rings. The Morgan fingerprint density at radius 3 is 2.56 bits per heavy atom. The zero-order valence-electron chi connectivity index (χ0n) is 10.3. The lowest BCUT2D eigenvalue weighted by atomic mass is 10.0. The maximum atomic E-state index is 5.24. The van der Waals surface area contributed by atoms with Crippen molar-refractivity contribution in [3.05, 3.63) is 62.7 Å². The normalized spacial score (nSPS) is 12.2. The molecule has 0 heterocycles. The molecular formula is C15H14BrIO. The summed E-state index contributed by atoms with van der Waals surface area (Å²) in [4.78, 5) is 0.220. The molecular weight excluding hydrogens is 403 g/mol. The van der Waals surface area contributed by atoms with E-state index in [0.29, 0.717) is 0 Å². The molecule has 0 aliphatic heterocycles. The molecule has 0 spiro atoms. The maximum absolute atomic E-state index is 5.24. The van der Waals surface area contributed by atoms with E-state index < -0.39 is 0 Å². The highest BCUT2D eigenvalue weighted by Gasteiger charge is 2.13. The summed E-state index contributed by atoms with van der Waals surface area (Å²) in [5, 5.41) is 0. The van der Waals surface area contributed by atoms with Crippen LogP contribution in [0.15, 0.2) is 42.5 Å². The second kappa shape index (κ2) is 6.06. The minimum atomic E-state index is 0.220. The molecule has 0 aliphatic carbocycles. The van der Waals surface area contributed by atoms with E-state index in [1.165, 1.54) is 20.3 Å². The van der Waals surface area contributed by atoms with Crippen molar-refractivity contribution in [1.82, 2.24) is 0 Å². The van der Waals surface area contributed by atoms with Crippen molar-refractivity contribution in [2.24, 2.45) is 0 Å². The molecule has 0 fully saturated rings. The van der Waals surface area contributed by atoms with Gasteiger partial charge in [0.15, 0.2) is 0 Å². The van der Waals surface area contributed by atoms with Gasteiger partial charge in [-0.1, -0.05) is 34.1 Å². The quantitative estimate of drug-likeness (QED) is 0.500. The zero-order chi connectivity index (χ0) is 13.1. The number of hydrogen-bond donors (Lipinski definition) is 0. The largest absolute Gasteiger partial charge is 0.497 e. The van der Waals surface area contributed by atoms with Gasteiger partial charge in [-0.3, -0.25) is 0 Å². The van der Waals surface area contributed by atoms with Crippen LogP contribution in [0.1, 0.15) is 21.5 Å². The van der Waals surface area contributed by atoms with Gasteiger partial charge in [0.25, 0.3) is 0 Å². The standard InChI is InChI=1S/C15H14BrIO/c1-10-8-13(18-2)6-7-14(10)15(16)11-4-3-5-12(17)9-11/h3-9,15H,1-2H3. The van der Waals surface area contributed by atoms with Gasteiger partial charge in [-0.15, -0.1) is 0 Å². The monoisotopic (exact) mass is 416 g/mol. The first-order chi connectivity index (χ1) is 8.61. The molecule has 0 radical (unpaired) electrons. The molecule has 0 bridgehead atoms. The summed E-state index contributed by atoms with van der Waals surface area (Å²) < 4.78 is 6.49. The highest BCUT2D eigenvalue weighted by Crippen LogP contribution is 2.34. The molecule has 2 aromatic carbocycles. The van der Waals surface area contributed by atoms with Gasteiger partial charge in [0, 0.05) is 3.57 Å². The van der Waals surface area contributed by atoms with Crippen LogP contribution in [-0.2, 0) is 0 Å². The van der Waals surface area contributed by atoms with Crippen LogP contribution in [0.25, 0.3) is 0 Å². The Kier molecular flexibility index (Phi) is 4.67. The summed E-state index contributed by atoms with van der Waals surface area (Å²) in [5.74, 6) is 0.901. The molecule has 1 unspecified atom stereocenters. The van der Waals surface area contributed by atoms with E-state index >= 15 is 0 Å². The zero-order valence-corrected chi connectivity index (χ0v) is 14.0. The van der Waals surface area contributed by atoms with Gasteiger partial charge in [-0.2, -0.15) is 0 Å². The highest BCUT2D eigenvalue weighted by atomic mass is 127. The SMILES string of the molecule is COc1ccc(C(Br)c2cccc(I)c2)c(C)c1. The molecule has 18 heavy (non-hydrogen) atoms. The van der Waals surface area contributed by atoms with Crippen molar-refractivity contribution in [2.45, 2.75) is 11.8 Å². The van der Waals surface area contributed by atoms with Crippen LogP contribution in [0, 0.1) is 10.5 Å². The third kappa shape index (κ3) is 3.06. The lowest BCUT2D eigenvalue weighted by molar-refractivity contribution is 0.414. The molecule has 2 rings (SSSR count). The van der Waals surface area contributed by atoms with Crippen molar-refractivity contribution in [3.8, 4) is 5.75 Å². The third-order valence-corrected chi connectivity index (χ3v) is 4.58. The maximum Gasteiger partial charge on any atom is 0.119 e. The first kappa shape index (κ1) is 13.9. The summed E-state index contributed by atoms with van der Waals surface area (Å²) in [6.07, 6.45) is 0. The fourth-order valence-electron chi connectivity index (χ4n) is 1.90. The summed E-state index contributed by atoms with van der Waals surface area (Å²) in [7, 11) is 1.69. The van der Waals surface area contributed by atoms with Crippen LogP contribution in [0.3, 0.4) is 0 Å². The van der Waals surface area contributed by atoms with Gasteiger partial charge >= 0.3 is 0 Å². The fraction of sp³-hybridized carbons (Fsp3) is 0.200. The molecule has 3 heteroatoms. The Balaban J connectivity index is 2.37. The molecule has 0 amide bonds. The predicted octanol–water partition coefficient (Wildman–Crippen LogP) is 5.09. The van der Waals surface area contributed by atoms with E-state index in [9.17, 15) is 0 Å². The van der Waals surface area contributed by atoms with Crippen LogP contribution >= 0.6 is 38.5 Å². The minimum Gasteiger partial charge on any atom is -0.497 e. The lowest BCUT2D eigenvalue weighted by Gasteiger charge is -2.15. The molecule has 0 saturated carbocycles. The summed E-state index contributed by atoms with van der Waals surface area (Å²) in [6.45, 7) is 2.11. The topological polar surface area (TPSA) is 9.23 Å². The number of hydrogen-bond acceptors (Lipinski definition) is 1. The lowest BCUT2D eigenvalue weighted by Crippen LogP contribution is -1.97. The van der Waals surface area contributed by atoms with Crippen LogP contribution in [-0.4, -0.2) is 7.11 Å². The van der Waals surface area contributed by atoms with E-state index in [0.717, 1.165) is 5.75 Å². The number of benzene rings is 2. The Morgan fingerprint density at radius 1 is 1.17 bits per heavy atom. The predicted molar refractivity (Wildman–Crippen MR) is 87.7 cm³/mol. The molecule has 1 atom stereocenters. The van der Waals surface area contributed by atoms with Gasteiger partial charge in [0.2, 0.25) is 0 Å². The molecule has 1 nitrogen and oxygen atoms in total. The Labute approximate surface area is 130 Å². The summed E-state index contributed by atoms with van der Waals surface area (Å²) in [6, 6.07) is 14.7. The van der Waals surface area contributed by atoms with Gasteiger partial charge in [-0.05, 0) is 70.5 Å². The van der Waals surface area contributed by atoms with Crippen molar-refractivity contribution in [3.63, 3.8) is 0 Å². The first-order valence-electron chi connectivity index (χ1n) is 5.66. The van der Waals surface area contributed by atoms with Crippen LogP contribution in [0.5, 0.6) is 5.75 Å². The van der Waals surface area contributed by atoms with Crippen molar-refractivity contribution < 1.29 is 4.74 Å². The van der Waals surface area contributed by atoms with E-state index in [1.807, 2.05) is 6.07 Å². The average molecular weight is 417 g/mol.